The zero-order valence-electron chi connectivity index (χ0n) is 16.0. The predicted molar refractivity (Wildman–Crippen MR) is 112 cm³/mol. The zero-order chi connectivity index (χ0) is 19.2. The van der Waals surface area contributed by atoms with E-state index in [1.807, 2.05) is 48.5 Å². The fourth-order valence-corrected chi connectivity index (χ4v) is 3.37. The molecule has 0 N–H and O–H groups in total. The van der Waals surface area contributed by atoms with Crippen molar-refractivity contribution in [1.29, 1.82) is 0 Å². The normalized spacial score (nSPS) is 10.9. The molecule has 0 spiro atoms. The van der Waals surface area contributed by atoms with Crippen LogP contribution in [0.4, 0.5) is 0 Å². The van der Waals surface area contributed by atoms with Crippen LogP contribution in [0.3, 0.4) is 0 Å². The Hall–Kier alpha value is -3.27. The summed E-state index contributed by atoms with van der Waals surface area (Å²) in [5.74, 6) is 2.86. The van der Waals surface area contributed by atoms with Crippen LogP contribution in [0.1, 0.15) is 17.8 Å². The van der Waals surface area contributed by atoms with Gasteiger partial charge in [0.15, 0.2) is 0 Å². The average Bonchev–Trinajstić information content (AvgIpc) is 3.09. The van der Waals surface area contributed by atoms with Crippen LogP contribution >= 0.6 is 0 Å². The molecule has 4 heteroatoms. The van der Waals surface area contributed by atoms with Gasteiger partial charge in [0.2, 0.25) is 0 Å². The molecule has 142 valence electrons. The molecule has 0 unspecified atom stereocenters. The van der Waals surface area contributed by atoms with Crippen LogP contribution in [0.15, 0.2) is 78.9 Å². The standard InChI is InChI=1S/C24H24N2O2/c1-27-20-14-12-19(13-15-20)18-24-25-22-10-5-6-11-23(22)26(24)16-7-17-28-21-8-3-2-4-9-21/h2-6,8-15H,7,16-18H2,1H3. The summed E-state index contributed by atoms with van der Waals surface area (Å²) < 4.78 is 13.4. The third-order valence-electron chi connectivity index (χ3n) is 4.79. The molecule has 0 bridgehead atoms. The minimum absolute atomic E-state index is 0.679. The number of benzene rings is 3. The maximum absolute atomic E-state index is 5.85. The molecular weight excluding hydrogens is 348 g/mol. The summed E-state index contributed by atoms with van der Waals surface area (Å²) in [7, 11) is 1.69. The van der Waals surface area contributed by atoms with E-state index in [9.17, 15) is 0 Å². The third kappa shape index (κ3) is 4.17. The molecule has 0 saturated carbocycles. The van der Waals surface area contributed by atoms with E-state index in [-0.39, 0.29) is 0 Å². The molecular formula is C24H24N2O2. The van der Waals surface area contributed by atoms with Gasteiger partial charge < -0.3 is 14.0 Å². The first-order valence-corrected chi connectivity index (χ1v) is 9.58. The summed E-state index contributed by atoms with van der Waals surface area (Å²) in [5.41, 5.74) is 3.43. The van der Waals surface area contributed by atoms with Crippen molar-refractivity contribution in [1.82, 2.24) is 9.55 Å². The lowest BCUT2D eigenvalue weighted by molar-refractivity contribution is 0.302. The second kappa shape index (κ2) is 8.61. The summed E-state index contributed by atoms with van der Waals surface area (Å²) in [5, 5.41) is 0. The minimum atomic E-state index is 0.679. The number of aromatic nitrogens is 2. The Morgan fingerprint density at radius 2 is 1.57 bits per heavy atom. The highest BCUT2D eigenvalue weighted by molar-refractivity contribution is 5.76. The first-order chi connectivity index (χ1) is 13.8. The molecule has 28 heavy (non-hydrogen) atoms. The number of hydrogen-bond donors (Lipinski definition) is 0. The van der Waals surface area contributed by atoms with E-state index >= 15 is 0 Å². The van der Waals surface area contributed by atoms with Crippen LogP contribution in [0.25, 0.3) is 11.0 Å². The number of methoxy groups -OCH3 is 1. The lowest BCUT2D eigenvalue weighted by Crippen LogP contribution is -2.08. The molecule has 1 aromatic heterocycles. The van der Waals surface area contributed by atoms with E-state index in [2.05, 4.69) is 34.9 Å². The summed E-state index contributed by atoms with van der Waals surface area (Å²) >= 11 is 0. The molecule has 0 fully saturated rings. The van der Waals surface area contributed by atoms with Gasteiger partial charge in [-0.1, -0.05) is 42.5 Å². The van der Waals surface area contributed by atoms with E-state index in [4.69, 9.17) is 14.5 Å². The second-order valence-corrected chi connectivity index (χ2v) is 6.71. The van der Waals surface area contributed by atoms with Crippen molar-refractivity contribution in [3.8, 4) is 11.5 Å². The van der Waals surface area contributed by atoms with Crippen molar-refractivity contribution < 1.29 is 9.47 Å². The molecule has 4 rings (SSSR count). The number of hydrogen-bond acceptors (Lipinski definition) is 3. The Morgan fingerprint density at radius 3 is 2.36 bits per heavy atom. The van der Waals surface area contributed by atoms with Crippen LogP contribution in [0, 0.1) is 0 Å². The number of ether oxygens (including phenoxy) is 2. The number of rotatable bonds is 8. The van der Waals surface area contributed by atoms with Crippen molar-refractivity contribution in [2.45, 2.75) is 19.4 Å². The number of para-hydroxylation sites is 3. The predicted octanol–water partition coefficient (Wildman–Crippen LogP) is 5.10. The Labute approximate surface area is 165 Å². The second-order valence-electron chi connectivity index (χ2n) is 6.71. The largest absolute Gasteiger partial charge is 0.497 e. The topological polar surface area (TPSA) is 36.3 Å². The maximum Gasteiger partial charge on any atom is 0.119 e. The summed E-state index contributed by atoms with van der Waals surface area (Å²) in [6.07, 6.45) is 1.71. The summed E-state index contributed by atoms with van der Waals surface area (Å²) in [6, 6.07) is 26.5. The van der Waals surface area contributed by atoms with E-state index in [0.717, 1.165) is 42.2 Å². The van der Waals surface area contributed by atoms with Gasteiger partial charge >= 0.3 is 0 Å². The molecule has 4 nitrogen and oxygen atoms in total. The molecule has 1 heterocycles. The van der Waals surface area contributed by atoms with Crippen molar-refractivity contribution in [2.75, 3.05) is 13.7 Å². The average molecular weight is 372 g/mol. The highest BCUT2D eigenvalue weighted by Gasteiger charge is 2.11. The van der Waals surface area contributed by atoms with Gasteiger partial charge in [-0.3, -0.25) is 0 Å². The first-order valence-electron chi connectivity index (χ1n) is 9.58. The molecule has 0 aliphatic carbocycles. The fraction of sp³-hybridized carbons (Fsp3) is 0.208. The van der Waals surface area contributed by atoms with Gasteiger partial charge in [0.1, 0.15) is 17.3 Å². The quantitative estimate of drug-likeness (QED) is 0.404. The van der Waals surface area contributed by atoms with Crippen molar-refractivity contribution in [3.05, 3.63) is 90.3 Å². The van der Waals surface area contributed by atoms with Crippen molar-refractivity contribution >= 4 is 11.0 Å². The monoisotopic (exact) mass is 372 g/mol. The van der Waals surface area contributed by atoms with E-state index < -0.39 is 0 Å². The Kier molecular flexibility index (Phi) is 5.57. The van der Waals surface area contributed by atoms with Crippen molar-refractivity contribution in [3.63, 3.8) is 0 Å². The van der Waals surface area contributed by atoms with Crippen LogP contribution in [0.2, 0.25) is 0 Å². The molecule has 0 saturated heterocycles. The Bertz CT molecular complexity index is 1020. The van der Waals surface area contributed by atoms with Crippen LogP contribution in [-0.2, 0) is 13.0 Å². The number of aryl methyl sites for hydroxylation is 1. The highest BCUT2D eigenvalue weighted by atomic mass is 16.5. The number of fused-ring (bicyclic) bond motifs is 1. The summed E-state index contributed by atoms with van der Waals surface area (Å²) in [4.78, 5) is 4.88. The Balaban J connectivity index is 1.49. The maximum atomic E-state index is 5.85. The first kappa shape index (κ1) is 18.1. The highest BCUT2D eigenvalue weighted by Crippen LogP contribution is 2.20. The zero-order valence-corrected chi connectivity index (χ0v) is 16.0. The van der Waals surface area contributed by atoms with Crippen LogP contribution in [-0.4, -0.2) is 23.3 Å². The van der Waals surface area contributed by atoms with Gasteiger partial charge in [0.05, 0.1) is 24.8 Å². The molecule has 3 aromatic carbocycles. The Morgan fingerprint density at radius 1 is 0.821 bits per heavy atom. The minimum Gasteiger partial charge on any atom is -0.497 e. The summed E-state index contributed by atoms with van der Waals surface area (Å²) in [6.45, 7) is 1.55. The number of nitrogens with zero attached hydrogens (tertiary/aromatic N) is 2. The van der Waals surface area contributed by atoms with Gasteiger partial charge in [-0.15, -0.1) is 0 Å². The molecule has 0 atom stereocenters. The van der Waals surface area contributed by atoms with Gasteiger partial charge in [-0.2, -0.15) is 0 Å². The molecule has 4 aromatic rings. The fourth-order valence-electron chi connectivity index (χ4n) is 3.37. The smallest absolute Gasteiger partial charge is 0.119 e. The van der Waals surface area contributed by atoms with Gasteiger partial charge in [0, 0.05) is 13.0 Å². The van der Waals surface area contributed by atoms with Crippen LogP contribution < -0.4 is 9.47 Å². The van der Waals surface area contributed by atoms with E-state index in [1.165, 1.54) is 11.1 Å². The van der Waals surface area contributed by atoms with Gasteiger partial charge in [0.25, 0.3) is 0 Å². The molecule has 0 amide bonds. The SMILES string of the molecule is COc1ccc(Cc2nc3ccccc3n2CCCOc2ccccc2)cc1. The molecule has 0 radical (unpaired) electrons. The van der Waals surface area contributed by atoms with Gasteiger partial charge in [-0.05, 0) is 48.4 Å². The van der Waals surface area contributed by atoms with E-state index in [0.29, 0.717) is 6.61 Å². The third-order valence-corrected chi connectivity index (χ3v) is 4.79. The van der Waals surface area contributed by atoms with Gasteiger partial charge in [-0.25, -0.2) is 4.98 Å². The van der Waals surface area contributed by atoms with Crippen LogP contribution in [0.5, 0.6) is 11.5 Å². The molecule has 0 aliphatic heterocycles. The molecule has 0 aliphatic rings. The lowest BCUT2D eigenvalue weighted by atomic mass is 10.1. The number of imidazole rings is 1. The van der Waals surface area contributed by atoms with E-state index in [1.54, 1.807) is 7.11 Å². The van der Waals surface area contributed by atoms with Crippen molar-refractivity contribution in [2.24, 2.45) is 0 Å². The lowest BCUT2D eigenvalue weighted by Gasteiger charge is -2.11.